The summed E-state index contributed by atoms with van der Waals surface area (Å²) < 4.78 is 8.22. The maximum Gasteiger partial charge on any atom is 0.335 e. The summed E-state index contributed by atoms with van der Waals surface area (Å²) in [6.07, 6.45) is 1.49. The first-order valence-electron chi connectivity index (χ1n) is 10.8. The summed E-state index contributed by atoms with van der Waals surface area (Å²) in [5.41, 5.74) is 1.87. The number of pyridine rings is 1. The minimum atomic E-state index is -0.557. The molecular weight excluding hydrogens is 448 g/mol. The van der Waals surface area contributed by atoms with E-state index >= 15 is 0 Å². The van der Waals surface area contributed by atoms with Gasteiger partial charge in [-0.05, 0) is 42.8 Å². The zero-order valence-corrected chi connectivity index (χ0v) is 19.5. The van der Waals surface area contributed by atoms with Gasteiger partial charge in [-0.15, -0.1) is 0 Å². The van der Waals surface area contributed by atoms with Gasteiger partial charge in [0.1, 0.15) is 17.2 Å². The molecule has 0 saturated heterocycles. The summed E-state index contributed by atoms with van der Waals surface area (Å²) in [6.45, 7) is 2.24. The quantitative estimate of drug-likeness (QED) is 0.444. The van der Waals surface area contributed by atoms with Gasteiger partial charge in [0, 0.05) is 26.4 Å². The lowest BCUT2D eigenvalue weighted by atomic mass is 10.1. The Kier molecular flexibility index (Phi) is 6.72. The molecule has 0 aliphatic rings. The minimum absolute atomic E-state index is 0.136. The highest BCUT2D eigenvalue weighted by atomic mass is 16.5. The van der Waals surface area contributed by atoms with Gasteiger partial charge in [0.05, 0.1) is 12.2 Å². The smallest absolute Gasteiger partial charge is 0.335 e. The van der Waals surface area contributed by atoms with E-state index in [9.17, 15) is 14.4 Å². The highest BCUT2D eigenvalue weighted by Crippen LogP contribution is 2.24. The molecule has 10 nitrogen and oxygen atoms in total. The number of nitrogens with one attached hydrogen (secondary N) is 2. The van der Waals surface area contributed by atoms with Crippen molar-refractivity contribution < 1.29 is 9.53 Å². The molecular formula is C25H24N6O4. The van der Waals surface area contributed by atoms with Crippen molar-refractivity contribution in [2.24, 2.45) is 12.0 Å². The van der Waals surface area contributed by atoms with E-state index in [-0.39, 0.29) is 23.8 Å². The molecule has 4 rings (SSSR count). The number of aromatic nitrogens is 4. The number of ether oxygens (including phenoxy) is 1. The van der Waals surface area contributed by atoms with Crippen molar-refractivity contribution in [2.45, 2.75) is 13.5 Å². The number of amides is 1. The van der Waals surface area contributed by atoms with Crippen molar-refractivity contribution >= 4 is 11.6 Å². The predicted octanol–water partition coefficient (Wildman–Crippen LogP) is 2.01. The standard InChI is InChI=1S/C25H24N6O4/c1-16-4-6-17(7-5-16)15-31-23(29-24(33)30(3)25(31)34)28-18-8-10-19(11-9-18)35-20-12-13-27-21(14-20)22(32)26-2/h4-14H,15H2,1-3H3,(H,26,32)(H,28,29,33). The van der Waals surface area contributed by atoms with E-state index in [1.54, 1.807) is 30.3 Å². The molecule has 0 saturated carbocycles. The summed E-state index contributed by atoms with van der Waals surface area (Å²) in [7, 11) is 2.94. The monoisotopic (exact) mass is 472 g/mol. The molecule has 0 atom stereocenters. The van der Waals surface area contributed by atoms with Crippen LogP contribution in [0.2, 0.25) is 0 Å². The average molecular weight is 473 g/mol. The van der Waals surface area contributed by atoms with Crippen LogP contribution in [0.25, 0.3) is 0 Å². The number of aromatic amines is 1. The summed E-state index contributed by atoms with van der Waals surface area (Å²) in [4.78, 5) is 48.0. The fourth-order valence-electron chi connectivity index (χ4n) is 3.29. The number of H-pyrrole nitrogens is 1. The minimum Gasteiger partial charge on any atom is -0.457 e. The number of hydrogen-bond donors (Lipinski definition) is 2. The van der Waals surface area contributed by atoms with Gasteiger partial charge in [-0.2, -0.15) is 0 Å². The molecule has 0 aliphatic carbocycles. The third-order valence-corrected chi connectivity index (χ3v) is 5.26. The van der Waals surface area contributed by atoms with Crippen LogP contribution in [0.4, 0.5) is 5.69 Å². The van der Waals surface area contributed by atoms with Gasteiger partial charge in [0.25, 0.3) is 5.91 Å². The lowest BCUT2D eigenvalue weighted by Gasteiger charge is -2.09. The highest BCUT2D eigenvalue weighted by molar-refractivity contribution is 5.92. The number of carbonyl (C=O) groups excluding carboxylic acids is 1. The van der Waals surface area contributed by atoms with Gasteiger partial charge in [-0.1, -0.05) is 29.8 Å². The van der Waals surface area contributed by atoms with Crippen LogP contribution in [0, 0.1) is 6.92 Å². The second-order valence-corrected chi connectivity index (χ2v) is 7.83. The summed E-state index contributed by atoms with van der Waals surface area (Å²) in [6, 6.07) is 17.7. The Balaban J connectivity index is 1.64. The molecule has 0 unspecified atom stereocenters. The first kappa shape index (κ1) is 23.4. The topological polar surface area (TPSA) is 123 Å². The second kappa shape index (κ2) is 10.0. The third-order valence-electron chi connectivity index (χ3n) is 5.26. The Morgan fingerprint density at radius 2 is 1.77 bits per heavy atom. The van der Waals surface area contributed by atoms with Crippen LogP contribution in [-0.4, -0.2) is 32.1 Å². The number of rotatable bonds is 6. The molecule has 35 heavy (non-hydrogen) atoms. The van der Waals surface area contributed by atoms with E-state index in [1.165, 1.54) is 30.9 Å². The van der Waals surface area contributed by atoms with Crippen LogP contribution in [-0.2, 0) is 13.6 Å². The lowest BCUT2D eigenvalue weighted by molar-refractivity contribution is 0.0958. The zero-order chi connectivity index (χ0) is 24.9. The number of nitrogens with zero attached hydrogens (tertiary/aromatic N) is 4. The number of hydrogen-bond acceptors (Lipinski definition) is 6. The molecule has 0 fully saturated rings. The first-order chi connectivity index (χ1) is 16.8. The van der Waals surface area contributed by atoms with Gasteiger partial charge < -0.3 is 10.1 Å². The molecule has 2 heterocycles. The van der Waals surface area contributed by atoms with Gasteiger partial charge in [-0.3, -0.25) is 19.3 Å². The van der Waals surface area contributed by atoms with Crippen molar-refractivity contribution in [3.05, 3.63) is 110 Å². The van der Waals surface area contributed by atoms with Crippen LogP contribution in [0.15, 0.2) is 81.4 Å². The van der Waals surface area contributed by atoms with Gasteiger partial charge in [-0.25, -0.2) is 19.1 Å². The lowest BCUT2D eigenvalue weighted by Crippen LogP contribution is -2.48. The molecule has 4 aromatic rings. The van der Waals surface area contributed by atoms with Crippen LogP contribution in [0.1, 0.15) is 21.6 Å². The first-order valence-corrected chi connectivity index (χ1v) is 10.8. The molecule has 2 N–H and O–H groups in total. The third kappa shape index (κ3) is 5.44. The number of carbonyl (C=O) groups is 1. The van der Waals surface area contributed by atoms with Crippen molar-refractivity contribution in [1.82, 2.24) is 24.4 Å². The Morgan fingerprint density at radius 3 is 2.46 bits per heavy atom. The molecule has 2 aromatic heterocycles. The fraction of sp³-hybridized carbons (Fsp3) is 0.160. The van der Waals surface area contributed by atoms with Crippen LogP contribution in [0.5, 0.6) is 11.5 Å². The van der Waals surface area contributed by atoms with Crippen molar-refractivity contribution in [1.29, 1.82) is 0 Å². The van der Waals surface area contributed by atoms with E-state index in [1.807, 2.05) is 31.2 Å². The second-order valence-electron chi connectivity index (χ2n) is 7.83. The van der Waals surface area contributed by atoms with Gasteiger partial charge in [0.15, 0.2) is 0 Å². The Morgan fingerprint density at radius 1 is 1.06 bits per heavy atom. The number of aryl methyl sites for hydroxylation is 1. The zero-order valence-electron chi connectivity index (χ0n) is 19.5. The predicted molar refractivity (Wildman–Crippen MR) is 130 cm³/mol. The van der Waals surface area contributed by atoms with E-state index in [0.717, 1.165) is 15.7 Å². The molecule has 0 aliphatic heterocycles. The molecule has 0 radical (unpaired) electrons. The van der Waals surface area contributed by atoms with Crippen molar-refractivity contribution in [3.63, 3.8) is 0 Å². The summed E-state index contributed by atoms with van der Waals surface area (Å²) in [5, 5.41) is 2.52. The molecule has 178 valence electrons. The highest BCUT2D eigenvalue weighted by Gasteiger charge is 2.09. The molecule has 10 heteroatoms. The van der Waals surface area contributed by atoms with E-state index in [0.29, 0.717) is 17.2 Å². The summed E-state index contributed by atoms with van der Waals surface area (Å²) >= 11 is 0. The maximum atomic E-state index is 12.8. The van der Waals surface area contributed by atoms with E-state index in [4.69, 9.17) is 4.74 Å². The van der Waals surface area contributed by atoms with E-state index < -0.39 is 11.4 Å². The van der Waals surface area contributed by atoms with Gasteiger partial charge >= 0.3 is 11.4 Å². The van der Waals surface area contributed by atoms with Crippen molar-refractivity contribution in [2.75, 3.05) is 7.05 Å². The van der Waals surface area contributed by atoms with Crippen molar-refractivity contribution in [3.8, 4) is 11.5 Å². The SMILES string of the molecule is CNC(=O)c1cc(Oc2ccc(/N=c3\[nH]c(=O)n(C)c(=O)n3Cc3ccc(C)cc3)cc2)ccn1. The van der Waals surface area contributed by atoms with Crippen LogP contribution >= 0.6 is 0 Å². The maximum absolute atomic E-state index is 12.8. The van der Waals surface area contributed by atoms with Crippen LogP contribution in [0.3, 0.4) is 0 Å². The molecule has 0 spiro atoms. The number of benzene rings is 2. The van der Waals surface area contributed by atoms with E-state index in [2.05, 4.69) is 20.3 Å². The Labute approximate surface area is 200 Å². The molecule has 0 bridgehead atoms. The van der Waals surface area contributed by atoms with Crippen LogP contribution < -0.4 is 27.1 Å². The Hall–Kier alpha value is -4.73. The average Bonchev–Trinajstić information content (AvgIpc) is 2.87. The van der Waals surface area contributed by atoms with Gasteiger partial charge in [0.2, 0.25) is 5.62 Å². The Bertz CT molecular complexity index is 1550. The normalized spacial score (nSPS) is 11.3. The molecule has 1 amide bonds. The summed E-state index contributed by atoms with van der Waals surface area (Å²) in [5.74, 6) is 0.657. The fourth-order valence-corrected chi connectivity index (χ4v) is 3.29. The molecule has 2 aromatic carbocycles. The largest absolute Gasteiger partial charge is 0.457 e.